The van der Waals surface area contributed by atoms with Crippen LogP contribution in [0, 0.1) is 0 Å². The van der Waals surface area contributed by atoms with Crippen molar-refractivity contribution in [3.8, 4) is 0 Å². The summed E-state index contributed by atoms with van der Waals surface area (Å²) in [5.41, 5.74) is 1.07. The normalized spacial score (nSPS) is 19.7. The molecule has 2 heterocycles. The lowest BCUT2D eigenvalue weighted by atomic mass is 10.1. The van der Waals surface area contributed by atoms with E-state index in [0.717, 1.165) is 31.1 Å². The molecule has 0 radical (unpaired) electrons. The van der Waals surface area contributed by atoms with Gasteiger partial charge >= 0.3 is 0 Å². The molecular formula is C11H15ClN4O2S2. The maximum absolute atomic E-state index is 12.4. The van der Waals surface area contributed by atoms with E-state index < -0.39 is 10.0 Å². The minimum absolute atomic E-state index is 0. The number of nitrogens with zero attached hydrogens (tertiary/aromatic N) is 2. The van der Waals surface area contributed by atoms with Crippen molar-refractivity contribution in [2.75, 3.05) is 13.1 Å². The first kappa shape index (κ1) is 15.6. The molecule has 0 aliphatic carbocycles. The maximum atomic E-state index is 12.4. The SMILES string of the molecule is Cl.O=S(=O)(NC1CCCNC1)c1cccc2nsnc12. The van der Waals surface area contributed by atoms with Crippen LogP contribution >= 0.6 is 24.1 Å². The van der Waals surface area contributed by atoms with Crippen molar-refractivity contribution in [3.05, 3.63) is 18.2 Å². The molecule has 1 saturated heterocycles. The quantitative estimate of drug-likeness (QED) is 0.879. The summed E-state index contributed by atoms with van der Waals surface area (Å²) in [6.45, 7) is 1.62. The molecule has 1 aromatic heterocycles. The number of rotatable bonds is 3. The van der Waals surface area contributed by atoms with Crippen LogP contribution in [0.15, 0.2) is 23.1 Å². The first-order chi connectivity index (χ1) is 9.17. The number of piperidine rings is 1. The van der Waals surface area contributed by atoms with Crippen molar-refractivity contribution in [2.24, 2.45) is 0 Å². The summed E-state index contributed by atoms with van der Waals surface area (Å²) in [5, 5.41) is 3.19. The van der Waals surface area contributed by atoms with Crippen molar-refractivity contribution in [1.29, 1.82) is 0 Å². The van der Waals surface area contributed by atoms with Crippen LogP contribution in [-0.2, 0) is 10.0 Å². The minimum atomic E-state index is -3.54. The van der Waals surface area contributed by atoms with Crippen molar-refractivity contribution >= 4 is 45.2 Å². The zero-order valence-electron chi connectivity index (χ0n) is 10.6. The van der Waals surface area contributed by atoms with Gasteiger partial charge in [0.1, 0.15) is 15.9 Å². The Labute approximate surface area is 127 Å². The molecule has 0 amide bonds. The summed E-state index contributed by atoms with van der Waals surface area (Å²) in [7, 11) is -3.54. The van der Waals surface area contributed by atoms with Gasteiger partial charge < -0.3 is 5.32 Å². The lowest BCUT2D eigenvalue weighted by Gasteiger charge is -2.23. The smallest absolute Gasteiger partial charge is 0.243 e. The van der Waals surface area contributed by atoms with E-state index in [4.69, 9.17) is 0 Å². The van der Waals surface area contributed by atoms with Gasteiger partial charge in [-0.3, -0.25) is 0 Å². The van der Waals surface area contributed by atoms with Crippen molar-refractivity contribution in [2.45, 2.75) is 23.8 Å². The molecule has 2 N–H and O–H groups in total. The molecule has 1 aliphatic heterocycles. The zero-order chi connectivity index (χ0) is 13.3. The van der Waals surface area contributed by atoms with Crippen LogP contribution in [0.25, 0.3) is 11.0 Å². The third kappa shape index (κ3) is 3.09. The van der Waals surface area contributed by atoms with E-state index in [1.165, 1.54) is 0 Å². The third-order valence-electron chi connectivity index (χ3n) is 3.16. The Hall–Kier alpha value is -0.800. The molecule has 0 saturated carbocycles. The van der Waals surface area contributed by atoms with Crippen molar-refractivity contribution in [3.63, 3.8) is 0 Å². The standard InChI is InChI=1S/C11H14N4O2S2.ClH/c16-19(17,15-8-3-2-6-12-7-8)10-5-1-4-9-11(10)14-18-13-9;/h1,4-5,8,12,15H,2-3,6-7H2;1H. The molecule has 2 aromatic rings. The second-order valence-electron chi connectivity index (χ2n) is 4.55. The van der Waals surface area contributed by atoms with E-state index in [1.54, 1.807) is 18.2 Å². The summed E-state index contributed by atoms with van der Waals surface area (Å²) in [5.74, 6) is 0. The van der Waals surface area contributed by atoms with Gasteiger partial charge in [-0.2, -0.15) is 8.75 Å². The van der Waals surface area contributed by atoms with Gasteiger partial charge in [-0.05, 0) is 31.5 Å². The number of hydrogen-bond acceptors (Lipinski definition) is 6. The Morgan fingerprint density at radius 3 is 2.95 bits per heavy atom. The summed E-state index contributed by atoms with van der Waals surface area (Å²) >= 11 is 1.02. The number of fused-ring (bicyclic) bond motifs is 1. The molecule has 9 heteroatoms. The highest BCUT2D eigenvalue weighted by molar-refractivity contribution is 7.89. The van der Waals surface area contributed by atoms with E-state index in [2.05, 4.69) is 18.8 Å². The van der Waals surface area contributed by atoms with Crippen LogP contribution in [0.3, 0.4) is 0 Å². The molecule has 3 rings (SSSR count). The van der Waals surface area contributed by atoms with Gasteiger partial charge in [-0.1, -0.05) is 6.07 Å². The number of nitrogens with one attached hydrogen (secondary N) is 2. The summed E-state index contributed by atoms with van der Waals surface area (Å²) in [6, 6.07) is 4.97. The van der Waals surface area contributed by atoms with E-state index in [0.29, 0.717) is 17.6 Å². The number of benzene rings is 1. The Kier molecular flexibility index (Phi) is 4.92. The number of sulfonamides is 1. The summed E-state index contributed by atoms with van der Waals surface area (Å²) in [4.78, 5) is 0.212. The number of halogens is 1. The first-order valence-corrected chi connectivity index (χ1v) is 8.32. The van der Waals surface area contributed by atoms with Crippen LogP contribution in [0.1, 0.15) is 12.8 Å². The van der Waals surface area contributed by atoms with E-state index in [1.807, 2.05) is 0 Å². The average molecular weight is 335 g/mol. The topological polar surface area (TPSA) is 84.0 Å². The van der Waals surface area contributed by atoms with Crippen LogP contribution in [-0.4, -0.2) is 36.3 Å². The summed E-state index contributed by atoms with van der Waals surface area (Å²) < 4.78 is 35.7. The molecule has 6 nitrogen and oxygen atoms in total. The Morgan fingerprint density at radius 1 is 1.35 bits per heavy atom. The molecule has 20 heavy (non-hydrogen) atoms. The zero-order valence-corrected chi connectivity index (χ0v) is 13.0. The molecule has 0 bridgehead atoms. The number of aromatic nitrogens is 2. The monoisotopic (exact) mass is 334 g/mol. The molecule has 1 aliphatic rings. The molecule has 110 valence electrons. The predicted octanol–water partition coefficient (Wildman–Crippen LogP) is 1.14. The fourth-order valence-corrected chi connectivity index (χ4v) is 4.27. The second-order valence-corrected chi connectivity index (χ2v) is 6.76. The molecule has 1 unspecified atom stereocenters. The number of hydrogen-bond donors (Lipinski definition) is 2. The highest BCUT2D eigenvalue weighted by Crippen LogP contribution is 2.21. The lowest BCUT2D eigenvalue weighted by Crippen LogP contribution is -2.45. The first-order valence-electron chi connectivity index (χ1n) is 6.11. The van der Waals surface area contributed by atoms with Gasteiger partial charge in [0, 0.05) is 12.6 Å². The van der Waals surface area contributed by atoms with Gasteiger partial charge in [0.15, 0.2) is 0 Å². The molecule has 0 spiro atoms. The average Bonchev–Trinajstić information content (AvgIpc) is 2.87. The highest BCUT2D eigenvalue weighted by atomic mass is 35.5. The van der Waals surface area contributed by atoms with Crippen LogP contribution < -0.4 is 10.0 Å². The minimum Gasteiger partial charge on any atom is -0.315 e. The van der Waals surface area contributed by atoms with E-state index >= 15 is 0 Å². The van der Waals surface area contributed by atoms with Gasteiger partial charge in [-0.25, -0.2) is 13.1 Å². The van der Waals surface area contributed by atoms with Gasteiger partial charge in [0.2, 0.25) is 10.0 Å². The Balaban J connectivity index is 0.00000147. The van der Waals surface area contributed by atoms with Crippen LogP contribution in [0.2, 0.25) is 0 Å². The van der Waals surface area contributed by atoms with E-state index in [-0.39, 0.29) is 23.3 Å². The van der Waals surface area contributed by atoms with Crippen molar-refractivity contribution in [1.82, 2.24) is 18.8 Å². The second kappa shape index (κ2) is 6.31. The largest absolute Gasteiger partial charge is 0.315 e. The lowest BCUT2D eigenvalue weighted by molar-refractivity contribution is 0.429. The van der Waals surface area contributed by atoms with Crippen molar-refractivity contribution < 1.29 is 8.42 Å². The third-order valence-corrected chi connectivity index (χ3v) is 5.25. The molecular weight excluding hydrogens is 320 g/mol. The van der Waals surface area contributed by atoms with Gasteiger partial charge in [-0.15, -0.1) is 12.4 Å². The fourth-order valence-electron chi connectivity index (χ4n) is 2.23. The van der Waals surface area contributed by atoms with Crippen LogP contribution in [0.5, 0.6) is 0 Å². The Morgan fingerprint density at radius 2 is 2.20 bits per heavy atom. The van der Waals surface area contributed by atoms with E-state index in [9.17, 15) is 8.42 Å². The summed E-state index contributed by atoms with van der Waals surface area (Å²) in [6.07, 6.45) is 1.84. The van der Waals surface area contributed by atoms with Crippen LogP contribution in [0.4, 0.5) is 0 Å². The molecule has 1 atom stereocenters. The highest BCUT2D eigenvalue weighted by Gasteiger charge is 2.24. The fraction of sp³-hybridized carbons (Fsp3) is 0.455. The predicted molar refractivity (Wildman–Crippen MR) is 80.9 cm³/mol. The Bertz CT molecular complexity index is 683. The van der Waals surface area contributed by atoms with Gasteiger partial charge in [0.25, 0.3) is 0 Å². The maximum Gasteiger partial charge on any atom is 0.243 e. The molecule has 1 aromatic carbocycles. The van der Waals surface area contributed by atoms with Gasteiger partial charge in [0.05, 0.1) is 11.7 Å². The molecule has 1 fully saturated rings.